The van der Waals surface area contributed by atoms with Crippen LogP contribution in [0.15, 0.2) is 30.6 Å². The van der Waals surface area contributed by atoms with Crippen molar-refractivity contribution in [2.75, 3.05) is 19.7 Å². The minimum absolute atomic E-state index is 0.263. The Labute approximate surface area is 196 Å². The molecule has 1 N–H and O–H groups in total. The second-order valence-electron chi connectivity index (χ2n) is 9.36. The van der Waals surface area contributed by atoms with Crippen molar-refractivity contribution in [2.24, 2.45) is 0 Å². The van der Waals surface area contributed by atoms with Gasteiger partial charge in [-0.3, -0.25) is 4.40 Å². The highest BCUT2D eigenvalue weighted by Crippen LogP contribution is 2.40. The summed E-state index contributed by atoms with van der Waals surface area (Å²) in [5.41, 5.74) is -0.182. The van der Waals surface area contributed by atoms with Crippen LogP contribution in [0.3, 0.4) is 0 Å². The molecule has 1 aliphatic heterocycles. The van der Waals surface area contributed by atoms with Gasteiger partial charge in [0.1, 0.15) is 17.0 Å². The molecule has 182 valence electrons. The van der Waals surface area contributed by atoms with Gasteiger partial charge in [0.25, 0.3) is 0 Å². The van der Waals surface area contributed by atoms with Gasteiger partial charge in [0, 0.05) is 48.6 Å². The Hall–Kier alpha value is -3.27. The predicted molar refractivity (Wildman–Crippen MR) is 120 cm³/mol. The molecule has 0 bridgehead atoms. The lowest BCUT2D eigenvalue weighted by Gasteiger charge is -2.39. The summed E-state index contributed by atoms with van der Waals surface area (Å²) in [5, 5.41) is 11.6. The van der Waals surface area contributed by atoms with E-state index in [0.717, 1.165) is 12.1 Å². The zero-order valence-electron chi connectivity index (χ0n) is 19.6. The zero-order chi connectivity index (χ0) is 24.7. The molecule has 8 nitrogen and oxygen atoms in total. The molecule has 34 heavy (non-hydrogen) atoms. The van der Waals surface area contributed by atoms with Gasteiger partial charge < -0.3 is 19.5 Å². The number of aromatic nitrogens is 3. The Morgan fingerprint density at radius 1 is 1.18 bits per heavy atom. The number of pyridine rings is 2. The number of piperidine rings is 1. The highest BCUT2D eigenvalue weighted by molar-refractivity contribution is 5.68. The van der Waals surface area contributed by atoms with Gasteiger partial charge >= 0.3 is 6.09 Å². The molecule has 1 saturated heterocycles. The molecule has 1 aliphatic rings. The fourth-order valence-electron chi connectivity index (χ4n) is 4.11. The first-order valence-electron chi connectivity index (χ1n) is 11.2. The van der Waals surface area contributed by atoms with Gasteiger partial charge in [0.05, 0.1) is 24.1 Å². The SMILES string of the molecule is CCOc1cc2ncc(-c3cc(F)nc(F)c3)n2cc1C1(O)CCN(C(=O)OC(C)(C)C)CC1. The lowest BCUT2D eigenvalue weighted by atomic mass is 9.84. The van der Waals surface area contributed by atoms with E-state index in [-0.39, 0.29) is 18.4 Å². The fourth-order valence-corrected chi connectivity index (χ4v) is 4.11. The maximum Gasteiger partial charge on any atom is 0.410 e. The van der Waals surface area contributed by atoms with Crippen molar-refractivity contribution >= 4 is 11.7 Å². The molecule has 0 spiro atoms. The van der Waals surface area contributed by atoms with Crippen molar-refractivity contribution in [2.45, 2.75) is 51.7 Å². The van der Waals surface area contributed by atoms with E-state index in [2.05, 4.69) is 9.97 Å². The summed E-state index contributed by atoms with van der Waals surface area (Å²) < 4.78 is 40.4. The molecule has 3 aromatic heterocycles. The van der Waals surface area contributed by atoms with E-state index in [1.165, 1.54) is 6.20 Å². The van der Waals surface area contributed by atoms with E-state index in [4.69, 9.17) is 9.47 Å². The van der Waals surface area contributed by atoms with Crippen molar-refractivity contribution < 1.29 is 28.2 Å². The molecular weight excluding hydrogens is 446 g/mol. The Bertz CT molecular complexity index is 1190. The van der Waals surface area contributed by atoms with E-state index < -0.39 is 29.2 Å². The molecule has 0 aromatic carbocycles. The van der Waals surface area contributed by atoms with E-state index in [0.29, 0.717) is 42.4 Å². The summed E-state index contributed by atoms with van der Waals surface area (Å²) >= 11 is 0. The number of halogens is 2. The maximum atomic E-state index is 13.7. The zero-order valence-corrected chi connectivity index (χ0v) is 19.6. The number of carbonyl (C=O) groups excluding carboxylic acids is 1. The second-order valence-corrected chi connectivity index (χ2v) is 9.36. The quantitative estimate of drug-likeness (QED) is 0.568. The molecule has 1 amide bonds. The maximum absolute atomic E-state index is 13.7. The van der Waals surface area contributed by atoms with Gasteiger partial charge in [-0.25, -0.2) is 9.78 Å². The first-order valence-corrected chi connectivity index (χ1v) is 11.2. The van der Waals surface area contributed by atoms with Gasteiger partial charge in [0.2, 0.25) is 11.9 Å². The molecular formula is C24H28F2N4O4. The summed E-state index contributed by atoms with van der Waals surface area (Å²) in [4.78, 5) is 21.5. The lowest BCUT2D eigenvalue weighted by molar-refractivity contribution is -0.0370. The smallest absolute Gasteiger partial charge is 0.410 e. The number of amides is 1. The summed E-state index contributed by atoms with van der Waals surface area (Å²) in [5.74, 6) is -1.42. The third-order valence-corrected chi connectivity index (χ3v) is 5.71. The Morgan fingerprint density at radius 2 is 1.82 bits per heavy atom. The topological polar surface area (TPSA) is 89.2 Å². The van der Waals surface area contributed by atoms with Crippen LogP contribution in [0.25, 0.3) is 16.9 Å². The molecule has 0 aliphatic carbocycles. The van der Waals surface area contributed by atoms with E-state index in [9.17, 15) is 18.7 Å². The standard InChI is InChI=1S/C24H28F2N4O4/c1-5-33-18-12-21-27-13-17(15-10-19(25)28-20(26)11-15)30(21)14-16(18)24(32)6-8-29(9-7-24)22(31)34-23(2,3)4/h10-14,32H,5-9H2,1-4H3. The van der Waals surface area contributed by atoms with Crippen LogP contribution >= 0.6 is 0 Å². The molecule has 10 heteroatoms. The monoisotopic (exact) mass is 474 g/mol. The first kappa shape index (κ1) is 23.9. The van der Waals surface area contributed by atoms with Crippen LogP contribution in [-0.2, 0) is 10.3 Å². The lowest BCUT2D eigenvalue weighted by Crippen LogP contribution is -2.47. The molecule has 0 saturated carbocycles. The third kappa shape index (κ3) is 4.82. The number of rotatable bonds is 4. The molecule has 1 fully saturated rings. The van der Waals surface area contributed by atoms with Crippen LogP contribution < -0.4 is 4.74 Å². The predicted octanol–water partition coefficient (Wildman–Crippen LogP) is 4.29. The number of carbonyl (C=O) groups is 1. The van der Waals surface area contributed by atoms with Crippen LogP contribution in [0.2, 0.25) is 0 Å². The minimum Gasteiger partial charge on any atom is -0.493 e. The van der Waals surface area contributed by atoms with Crippen molar-refractivity contribution in [3.05, 3.63) is 48.1 Å². The molecule has 3 aromatic rings. The first-order chi connectivity index (χ1) is 16.0. The van der Waals surface area contributed by atoms with Crippen LogP contribution in [0.4, 0.5) is 13.6 Å². The molecule has 0 atom stereocenters. The van der Waals surface area contributed by atoms with E-state index in [1.54, 1.807) is 42.3 Å². The average Bonchev–Trinajstić information content (AvgIpc) is 3.15. The Kier molecular flexibility index (Phi) is 6.20. The largest absolute Gasteiger partial charge is 0.493 e. The van der Waals surface area contributed by atoms with Crippen LogP contribution in [0.1, 0.15) is 46.1 Å². The number of nitrogens with zero attached hydrogens (tertiary/aromatic N) is 4. The number of ether oxygens (including phenoxy) is 2. The van der Waals surface area contributed by atoms with Gasteiger partial charge in [-0.1, -0.05) is 0 Å². The number of likely N-dealkylation sites (tertiary alicyclic amines) is 1. The summed E-state index contributed by atoms with van der Waals surface area (Å²) in [6.07, 6.45) is 3.29. The third-order valence-electron chi connectivity index (χ3n) is 5.71. The Balaban J connectivity index is 1.70. The number of imidazole rings is 1. The number of hydrogen-bond acceptors (Lipinski definition) is 6. The number of aliphatic hydroxyl groups is 1. The summed E-state index contributed by atoms with van der Waals surface area (Å²) in [6.45, 7) is 8.22. The summed E-state index contributed by atoms with van der Waals surface area (Å²) in [6, 6.07) is 3.93. The highest BCUT2D eigenvalue weighted by atomic mass is 19.1. The van der Waals surface area contributed by atoms with Gasteiger partial charge in [-0.2, -0.15) is 13.8 Å². The van der Waals surface area contributed by atoms with Crippen LogP contribution in [0.5, 0.6) is 5.75 Å². The van der Waals surface area contributed by atoms with Crippen LogP contribution in [0, 0.1) is 11.9 Å². The van der Waals surface area contributed by atoms with Crippen LogP contribution in [-0.4, -0.2) is 55.8 Å². The van der Waals surface area contributed by atoms with Gasteiger partial charge in [0.15, 0.2) is 0 Å². The minimum atomic E-state index is -1.28. The fraction of sp³-hybridized carbons (Fsp3) is 0.458. The van der Waals surface area contributed by atoms with Crippen molar-refractivity contribution in [1.29, 1.82) is 0 Å². The highest BCUT2D eigenvalue weighted by Gasteiger charge is 2.39. The number of hydrogen-bond donors (Lipinski definition) is 1. The Morgan fingerprint density at radius 3 is 2.41 bits per heavy atom. The summed E-state index contributed by atoms with van der Waals surface area (Å²) in [7, 11) is 0. The normalized spacial score (nSPS) is 16.0. The van der Waals surface area contributed by atoms with Crippen molar-refractivity contribution in [3.63, 3.8) is 0 Å². The second kappa shape index (κ2) is 8.83. The number of fused-ring (bicyclic) bond motifs is 1. The molecule has 0 unspecified atom stereocenters. The van der Waals surface area contributed by atoms with Crippen molar-refractivity contribution in [3.8, 4) is 17.0 Å². The average molecular weight is 475 g/mol. The van der Waals surface area contributed by atoms with Gasteiger partial charge in [-0.15, -0.1) is 0 Å². The molecule has 0 radical (unpaired) electrons. The van der Waals surface area contributed by atoms with Crippen molar-refractivity contribution in [1.82, 2.24) is 19.3 Å². The molecule has 4 rings (SSSR count). The van der Waals surface area contributed by atoms with Gasteiger partial charge in [-0.05, 0) is 40.5 Å². The van der Waals surface area contributed by atoms with E-state index >= 15 is 0 Å². The molecule has 4 heterocycles. The van der Waals surface area contributed by atoms with E-state index in [1.807, 2.05) is 6.92 Å².